The van der Waals surface area contributed by atoms with Crippen LogP contribution < -0.4 is 15.4 Å². The summed E-state index contributed by atoms with van der Waals surface area (Å²) in [6.07, 6.45) is 4.79. The molecule has 0 radical (unpaired) electrons. The monoisotopic (exact) mass is 403 g/mol. The minimum atomic E-state index is -3.37. The molecule has 2 aromatic heterocycles. The number of anilines is 4. The molecule has 1 aromatic carbocycles. The lowest BCUT2D eigenvalue weighted by atomic mass is 10.2. The molecule has 11 heteroatoms. The number of aromatic nitrogens is 4. The van der Waals surface area contributed by atoms with Crippen molar-refractivity contribution in [2.45, 2.75) is 31.4 Å². The fourth-order valence-corrected chi connectivity index (χ4v) is 3.84. The number of aromatic amines is 1. The highest BCUT2D eigenvalue weighted by Crippen LogP contribution is 2.27. The molecule has 5 N–H and O–H groups in total. The predicted octanol–water partition coefficient (Wildman–Crippen LogP) is 1.79. The van der Waals surface area contributed by atoms with E-state index in [1.807, 2.05) is 0 Å². The van der Waals surface area contributed by atoms with Gasteiger partial charge in [-0.1, -0.05) is 6.07 Å². The van der Waals surface area contributed by atoms with Gasteiger partial charge in [-0.15, -0.1) is 0 Å². The third-order valence-corrected chi connectivity index (χ3v) is 5.11. The molecule has 1 saturated carbocycles. The van der Waals surface area contributed by atoms with Gasteiger partial charge in [-0.3, -0.25) is 4.72 Å². The third-order valence-electron chi connectivity index (χ3n) is 4.50. The number of aliphatic hydroxyl groups is 1. The summed E-state index contributed by atoms with van der Waals surface area (Å²) in [7, 11) is -3.37. The molecular formula is C17H21N7O3S. The van der Waals surface area contributed by atoms with Crippen molar-refractivity contribution in [2.24, 2.45) is 0 Å². The molecule has 1 aliphatic carbocycles. The maximum atomic E-state index is 11.4. The molecule has 0 spiro atoms. The van der Waals surface area contributed by atoms with Gasteiger partial charge in [0.2, 0.25) is 16.0 Å². The molecule has 3 aromatic rings. The highest BCUT2D eigenvalue weighted by atomic mass is 32.2. The molecule has 1 fully saturated rings. The molecule has 0 bridgehead atoms. The number of nitrogens with zero attached hydrogens (tertiary/aromatic N) is 3. The zero-order valence-corrected chi connectivity index (χ0v) is 16.0. The molecule has 28 heavy (non-hydrogen) atoms. The van der Waals surface area contributed by atoms with Crippen LogP contribution in [-0.2, 0) is 10.0 Å². The maximum absolute atomic E-state index is 11.4. The van der Waals surface area contributed by atoms with Gasteiger partial charge in [0.05, 0.1) is 30.4 Å². The van der Waals surface area contributed by atoms with Gasteiger partial charge in [0.1, 0.15) is 5.52 Å². The Kier molecular flexibility index (Phi) is 4.77. The standard InChI is InChI=1S/C17H21N7O3S/c1-28(26,27)24-11-5-2-4-10(8-11)20-17-22-15-14(18-9-19-15)16(23-17)21-12-6-3-7-13(12)25/h2,4-5,8-9,12-13,24-25H,3,6-7H2,1H3,(H3,18,19,20,21,22,23)/t12-,13+/m0/s1. The Labute approximate surface area is 161 Å². The Hall–Kier alpha value is -2.92. The highest BCUT2D eigenvalue weighted by Gasteiger charge is 2.26. The predicted molar refractivity (Wildman–Crippen MR) is 107 cm³/mol. The molecular weight excluding hydrogens is 382 g/mol. The van der Waals surface area contributed by atoms with Crippen molar-refractivity contribution in [2.75, 3.05) is 21.6 Å². The van der Waals surface area contributed by atoms with E-state index >= 15 is 0 Å². The number of fused-ring (bicyclic) bond motifs is 1. The first kappa shape index (κ1) is 18.4. The van der Waals surface area contributed by atoms with Crippen LogP contribution in [0.15, 0.2) is 30.6 Å². The van der Waals surface area contributed by atoms with Gasteiger partial charge in [-0.05, 0) is 37.5 Å². The Morgan fingerprint density at radius 2 is 2.04 bits per heavy atom. The van der Waals surface area contributed by atoms with Gasteiger partial charge >= 0.3 is 0 Å². The fraction of sp³-hybridized carbons (Fsp3) is 0.353. The molecule has 0 amide bonds. The van der Waals surface area contributed by atoms with Gasteiger partial charge in [-0.2, -0.15) is 9.97 Å². The largest absolute Gasteiger partial charge is 0.391 e. The van der Waals surface area contributed by atoms with E-state index in [9.17, 15) is 13.5 Å². The van der Waals surface area contributed by atoms with E-state index in [1.54, 1.807) is 24.3 Å². The van der Waals surface area contributed by atoms with Crippen LogP contribution >= 0.6 is 0 Å². The Balaban J connectivity index is 1.61. The fourth-order valence-electron chi connectivity index (χ4n) is 3.28. The van der Waals surface area contributed by atoms with Crippen LogP contribution in [-0.4, -0.2) is 51.9 Å². The van der Waals surface area contributed by atoms with Gasteiger partial charge in [0.25, 0.3) is 0 Å². The van der Waals surface area contributed by atoms with Crippen LogP contribution in [0.3, 0.4) is 0 Å². The Morgan fingerprint density at radius 3 is 2.79 bits per heavy atom. The van der Waals surface area contributed by atoms with Gasteiger partial charge in [0, 0.05) is 5.69 Å². The lowest BCUT2D eigenvalue weighted by Gasteiger charge is -2.17. The number of imidazole rings is 1. The molecule has 0 aliphatic heterocycles. The summed E-state index contributed by atoms with van der Waals surface area (Å²) < 4.78 is 25.3. The second-order valence-corrected chi connectivity index (χ2v) is 8.57. The number of hydrogen-bond acceptors (Lipinski definition) is 8. The quantitative estimate of drug-likeness (QED) is 0.419. The maximum Gasteiger partial charge on any atom is 0.231 e. The van der Waals surface area contributed by atoms with Crippen molar-refractivity contribution >= 4 is 44.3 Å². The number of benzene rings is 1. The van der Waals surface area contributed by atoms with E-state index in [-0.39, 0.29) is 6.04 Å². The lowest BCUT2D eigenvalue weighted by molar-refractivity contribution is 0.171. The Morgan fingerprint density at radius 1 is 1.21 bits per heavy atom. The zero-order chi connectivity index (χ0) is 19.7. The van der Waals surface area contributed by atoms with E-state index in [2.05, 4.69) is 35.3 Å². The summed E-state index contributed by atoms with van der Waals surface area (Å²) in [5.41, 5.74) is 2.21. The number of rotatable bonds is 6. The SMILES string of the molecule is CS(=O)(=O)Nc1cccc(Nc2nc(N[C@H]3CCC[C@H]3O)c3nc[nH]c3n2)c1. The molecule has 0 saturated heterocycles. The first-order valence-electron chi connectivity index (χ1n) is 8.88. The van der Waals surface area contributed by atoms with Crippen molar-refractivity contribution < 1.29 is 13.5 Å². The average Bonchev–Trinajstić information content (AvgIpc) is 3.23. The minimum Gasteiger partial charge on any atom is -0.391 e. The first-order chi connectivity index (χ1) is 13.4. The van der Waals surface area contributed by atoms with Crippen molar-refractivity contribution in [3.8, 4) is 0 Å². The van der Waals surface area contributed by atoms with Crippen molar-refractivity contribution in [1.29, 1.82) is 0 Å². The number of H-pyrrole nitrogens is 1. The lowest BCUT2D eigenvalue weighted by Crippen LogP contribution is -2.28. The number of aliphatic hydroxyl groups excluding tert-OH is 1. The first-order valence-corrected chi connectivity index (χ1v) is 10.8. The normalized spacial score (nSPS) is 19.6. The van der Waals surface area contributed by atoms with Crippen LogP contribution in [0.1, 0.15) is 19.3 Å². The van der Waals surface area contributed by atoms with E-state index in [1.165, 1.54) is 6.33 Å². The molecule has 1 aliphatic rings. The molecule has 148 valence electrons. The second-order valence-electron chi connectivity index (χ2n) is 6.82. The zero-order valence-electron chi connectivity index (χ0n) is 15.2. The van der Waals surface area contributed by atoms with Gasteiger partial charge in [0.15, 0.2) is 11.5 Å². The second kappa shape index (κ2) is 7.24. The van der Waals surface area contributed by atoms with E-state index in [0.29, 0.717) is 34.3 Å². The summed E-state index contributed by atoms with van der Waals surface area (Å²) in [6.45, 7) is 0. The van der Waals surface area contributed by atoms with E-state index < -0.39 is 16.1 Å². The molecule has 2 heterocycles. The van der Waals surface area contributed by atoms with Crippen LogP contribution in [0, 0.1) is 0 Å². The van der Waals surface area contributed by atoms with Crippen LogP contribution in [0.5, 0.6) is 0 Å². The summed E-state index contributed by atoms with van der Waals surface area (Å²) in [5.74, 6) is 0.855. The van der Waals surface area contributed by atoms with Crippen molar-refractivity contribution in [3.05, 3.63) is 30.6 Å². The molecule has 0 unspecified atom stereocenters. The minimum absolute atomic E-state index is 0.0788. The summed E-state index contributed by atoms with van der Waals surface area (Å²) in [4.78, 5) is 16.1. The molecule has 4 rings (SSSR count). The van der Waals surface area contributed by atoms with Crippen molar-refractivity contribution in [3.63, 3.8) is 0 Å². The number of sulfonamides is 1. The third kappa shape index (κ3) is 4.15. The van der Waals surface area contributed by atoms with Crippen LogP contribution in [0.25, 0.3) is 11.2 Å². The van der Waals surface area contributed by atoms with Gasteiger partial charge in [-0.25, -0.2) is 13.4 Å². The van der Waals surface area contributed by atoms with Crippen LogP contribution in [0.4, 0.5) is 23.1 Å². The van der Waals surface area contributed by atoms with Gasteiger partial charge < -0.3 is 20.7 Å². The summed E-state index contributed by atoms with van der Waals surface area (Å²) in [5, 5.41) is 16.4. The topological polar surface area (TPSA) is 145 Å². The Bertz CT molecular complexity index is 1100. The molecule has 2 atom stereocenters. The number of nitrogens with one attached hydrogen (secondary N) is 4. The van der Waals surface area contributed by atoms with Crippen molar-refractivity contribution in [1.82, 2.24) is 19.9 Å². The average molecular weight is 403 g/mol. The highest BCUT2D eigenvalue weighted by molar-refractivity contribution is 7.92. The van der Waals surface area contributed by atoms with E-state index in [4.69, 9.17) is 0 Å². The summed E-state index contributed by atoms with van der Waals surface area (Å²) in [6, 6.07) is 6.72. The molecule has 10 nitrogen and oxygen atoms in total. The smallest absolute Gasteiger partial charge is 0.231 e. The van der Waals surface area contributed by atoms with E-state index in [0.717, 1.165) is 25.5 Å². The summed E-state index contributed by atoms with van der Waals surface area (Å²) >= 11 is 0. The number of hydrogen-bond donors (Lipinski definition) is 5. The van der Waals surface area contributed by atoms with Crippen LogP contribution in [0.2, 0.25) is 0 Å².